The highest BCUT2D eigenvalue weighted by molar-refractivity contribution is 6.05. The lowest BCUT2D eigenvalue weighted by molar-refractivity contribution is -0.750. The summed E-state index contributed by atoms with van der Waals surface area (Å²) >= 11 is 0. The molecule has 1 aromatic heterocycles. The molecule has 0 spiro atoms. The van der Waals surface area contributed by atoms with E-state index in [2.05, 4.69) is 15.3 Å². The Bertz CT molecular complexity index is 1380. The van der Waals surface area contributed by atoms with Crippen molar-refractivity contribution in [2.75, 3.05) is 18.4 Å². The molecule has 1 aromatic carbocycles. The van der Waals surface area contributed by atoms with Crippen LogP contribution in [0, 0.1) is 5.92 Å². The number of hydrogen-bond acceptors (Lipinski definition) is 7. The van der Waals surface area contributed by atoms with Crippen molar-refractivity contribution >= 4 is 29.7 Å². The molecule has 0 radical (unpaired) electrons. The van der Waals surface area contributed by atoms with Gasteiger partial charge in [0, 0.05) is 30.8 Å². The van der Waals surface area contributed by atoms with Crippen LogP contribution >= 0.6 is 0 Å². The molecule has 2 unspecified atom stereocenters. The third kappa shape index (κ3) is 4.18. The van der Waals surface area contributed by atoms with Gasteiger partial charge in [0.2, 0.25) is 5.70 Å². The molecule has 4 N–H and O–H groups in total. The molecular formula is C27H28N7O3+. The lowest BCUT2D eigenvalue weighted by atomic mass is 9.93. The molecule has 4 heterocycles. The van der Waals surface area contributed by atoms with E-state index in [1.807, 2.05) is 12.1 Å². The van der Waals surface area contributed by atoms with E-state index in [9.17, 15) is 14.7 Å². The van der Waals surface area contributed by atoms with Gasteiger partial charge >= 0.3 is 0 Å². The number of aliphatic hydroxyl groups is 1. The molecule has 10 heteroatoms. The number of likely N-dealkylation sites (tertiary alicyclic amines) is 1. The number of benzene rings is 1. The fraction of sp³-hybridized carbons (Fsp3) is 0.296. The van der Waals surface area contributed by atoms with Gasteiger partial charge in [-0.1, -0.05) is 6.07 Å². The van der Waals surface area contributed by atoms with Crippen LogP contribution in [0.4, 0.5) is 5.82 Å². The second kappa shape index (κ2) is 8.84. The van der Waals surface area contributed by atoms with E-state index in [0.29, 0.717) is 43.1 Å². The number of fused-ring (bicyclic) bond motifs is 1. The molecule has 10 nitrogen and oxygen atoms in total. The van der Waals surface area contributed by atoms with Crippen LogP contribution in [-0.4, -0.2) is 62.1 Å². The minimum atomic E-state index is -1.18. The average Bonchev–Trinajstić information content (AvgIpc) is 3.60. The first-order valence-electron chi connectivity index (χ1n) is 12.4. The number of aromatic nitrogens is 1. The van der Waals surface area contributed by atoms with Gasteiger partial charge < -0.3 is 15.3 Å². The molecule has 2 amide bonds. The minimum absolute atomic E-state index is 0.0185. The lowest BCUT2D eigenvalue weighted by Gasteiger charge is -2.34. The normalized spacial score (nSPS) is 25.5. The number of carbonyl (C=O) groups is 2. The van der Waals surface area contributed by atoms with Crippen molar-refractivity contribution in [1.29, 1.82) is 0 Å². The fourth-order valence-corrected chi connectivity index (χ4v) is 5.11. The average molecular weight is 499 g/mol. The summed E-state index contributed by atoms with van der Waals surface area (Å²) in [5.74, 6) is 7.51. The number of nitrogens with one attached hydrogen (secondary N) is 1. The molecule has 37 heavy (non-hydrogen) atoms. The van der Waals surface area contributed by atoms with E-state index in [4.69, 9.17) is 10.8 Å². The quantitative estimate of drug-likeness (QED) is 0.430. The van der Waals surface area contributed by atoms with E-state index in [1.54, 1.807) is 60.0 Å². The van der Waals surface area contributed by atoms with Crippen molar-refractivity contribution < 1.29 is 19.3 Å². The number of rotatable bonds is 5. The van der Waals surface area contributed by atoms with E-state index < -0.39 is 5.60 Å². The Labute approximate surface area is 214 Å². The van der Waals surface area contributed by atoms with Gasteiger partial charge in [-0.05, 0) is 62.1 Å². The van der Waals surface area contributed by atoms with E-state index in [1.165, 1.54) is 0 Å². The number of aliphatic imine (C=N–C) groups is 2. The number of nitrogens with two attached hydrogens (primary N) is 1. The summed E-state index contributed by atoms with van der Waals surface area (Å²) in [5.41, 5.74) is 1.65. The molecule has 1 aliphatic carbocycles. The molecule has 2 aromatic rings. The first-order chi connectivity index (χ1) is 17.9. The Morgan fingerprint density at radius 3 is 2.70 bits per heavy atom. The predicted molar refractivity (Wildman–Crippen MR) is 138 cm³/mol. The van der Waals surface area contributed by atoms with Crippen molar-refractivity contribution in [3.05, 3.63) is 83.6 Å². The van der Waals surface area contributed by atoms with Crippen molar-refractivity contribution in [2.45, 2.75) is 31.3 Å². The summed E-state index contributed by atoms with van der Waals surface area (Å²) in [7, 11) is 0. The number of hydrogen-bond donors (Lipinski definition) is 3. The first kappa shape index (κ1) is 23.4. The molecule has 6 rings (SSSR count). The molecule has 0 bridgehead atoms. The van der Waals surface area contributed by atoms with Gasteiger partial charge in [-0.15, -0.1) is 4.59 Å². The standard InChI is InChI=1S/C27H27N7O3/c28-34-15-13-29-16-21(34)23(20-4-3-14-33(17-20)26(36)27(37)10-11-27)32-24(34)18-6-8-19(9-7-18)25(35)31-22-5-1-2-12-30-22/h1-2,5-9,12-13,15-16,20,37H,3-4,10-11,14,17,28H2/p+1. The largest absolute Gasteiger partial charge is 0.380 e. The van der Waals surface area contributed by atoms with E-state index >= 15 is 0 Å². The predicted octanol–water partition coefficient (Wildman–Crippen LogP) is 2.32. The Balaban J connectivity index is 1.26. The number of quaternary nitrogens is 1. The van der Waals surface area contributed by atoms with Gasteiger partial charge in [0.25, 0.3) is 17.6 Å². The zero-order valence-corrected chi connectivity index (χ0v) is 20.2. The SMILES string of the molecule is N[N+]12C=CN=CC1=C(C1CCCN(C(=O)C3(O)CC3)C1)N=C2c1ccc(C(=O)Nc2ccccn2)cc1. The third-order valence-corrected chi connectivity index (χ3v) is 7.35. The van der Waals surface area contributed by atoms with Crippen molar-refractivity contribution in [2.24, 2.45) is 21.7 Å². The Kier molecular flexibility index (Phi) is 5.59. The molecule has 2 atom stereocenters. The Hall–Kier alpha value is -3.99. The van der Waals surface area contributed by atoms with Gasteiger partial charge in [0.05, 0.1) is 18.0 Å². The van der Waals surface area contributed by atoms with Crippen LogP contribution in [0.5, 0.6) is 0 Å². The smallest absolute Gasteiger partial charge is 0.264 e. The maximum Gasteiger partial charge on any atom is 0.264 e. The van der Waals surface area contributed by atoms with Gasteiger partial charge in [0.1, 0.15) is 23.3 Å². The maximum atomic E-state index is 12.8. The number of allylic oxidation sites excluding steroid dienone is 1. The highest BCUT2D eigenvalue weighted by Gasteiger charge is 2.52. The molecule has 1 saturated heterocycles. The Morgan fingerprint density at radius 1 is 1.16 bits per heavy atom. The number of piperidine rings is 1. The van der Waals surface area contributed by atoms with Gasteiger partial charge in [-0.2, -0.15) is 10.8 Å². The summed E-state index contributed by atoms with van der Waals surface area (Å²) in [6.45, 7) is 1.12. The molecule has 4 aliphatic rings. The summed E-state index contributed by atoms with van der Waals surface area (Å²) < 4.78 is -0.132. The topological polar surface area (TPSA) is 133 Å². The van der Waals surface area contributed by atoms with Gasteiger partial charge in [0.15, 0.2) is 0 Å². The summed E-state index contributed by atoms with van der Waals surface area (Å²) in [6, 6.07) is 12.5. The van der Waals surface area contributed by atoms with Crippen LogP contribution in [0.25, 0.3) is 0 Å². The van der Waals surface area contributed by atoms with Crippen molar-refractivity contribution in [3.8, 4) is 0 Å². The second-order valence-corrected chi connectivity index (χ2v) is 9.93. The van der Waals surface area contributed by atoms with E-state index in [-0.39, 0.29) is 22.3 Å². The number of anilines is 1. The van der Waals surface area contributed by atoms with Crippen LogP contribution in [0.2, 0.25) is 0 Å². The Morgan fingerprint density at radius 2 is 1.97 bits per heavy atom. The molecule has 1 saturated carbocycles. The summed E-state index contributed by atoms with van der Waals surface area (Å²) in [6.07, 6.45) is 9.52. The van der Waals surface area contributed by atoms with Crippen LogP contribution in [-0.2, 0) is 4.79 Å². The van der Waals surface area contributed by atoms with Gasteiger partial charge in [-0.25, -0.2) is 4.98 Å². The van der Waals surface area contributed by atoms with Crippen molar-refractivity contribution in [3.63, 3.8) is 0 Å². The van der Waals surface area contributed by atoms with Gasteiger partial charge in [-0.3, -0.25) is 14.6 Å². The number of carbonyl (C=O) groups excluding carboxylic acids is 2. The lowest BCUT2D eigenvalue weighted by Crippen LogP contribution is -2.53. The zero-order valence-electron chi connectivity index (χ0n) is 20.2. The van der Waals surface area contributed by atoms with E-state index in [0.717, 1.165) is 29.8 Å². The zero-order chi connectivity index (χ0) is 25.6. The number of nitrogens with zero attached hydrogens (tertiary/aromatic N) is 5. The van der Waals surface area contributed by atoms with Crippen LogP contribution in [0.15, 0.2) is 82.4 Å². The number of amides is 2. The van der Waals surface area contributed by atoms with Crippen molar-refractivity contribution in [1.82, 2.24) is 9.88 Å². The summed E-state index contributed by atoms with van der Waals surface area (Å²) in [4.78, 5) is 40.7. The minimum Gasteiger partial charge on any atom is -0.380 e. The molecule has 3 aliphatic heterocycles. The first-order valence-corrected chi connectivity index (χ1v) is 12.4. The highest BCUT2D eigenvalue weighted by atomic mass is 16.3. The third-order valence-electron chi connectivity index (χ3n) is 7.35. The maximum absolute atomic E-state index is 12.8. The number of pyridine rings is 1. The van der Waals surface area contributed by atoms with Crippen LogP contribution < -0.4 is 11.2 Å². The molecular weight excluding hydrogens is 470 g/mol. The van der Waals surface area contributed by atoms with Crippen LogP contribution in [0.1, 0.15) is 41.6 Å². The second-order valence-electron chi connectivity index (χ2n) is 9.93. The monoisotopic (exact) mass is 498 g/mol. The van der Waals surface area contributed by atoms with Crippen LogP contribution in [0.3, 0.4) is 0 Å². The summed E-state index contributed by atoms with van der Waals surface area (Å²) in [5, 5.41) is 13.1. The fourth-order valence-electron chi connectivity index (χ4n) is 5.11. The number of amidine groups is 1. The molecule has 2 fully saturated rings. The highest BCUT2D eigenvalue weighted by Crippen LogP contribution is 2.40. The molecule has 188 valence electrons.